The summed E-state index contributed by atoms with van der Waals surface area (Å²) in [6.07, 6.45) is 2.64. The smallest absolute Gasteiger partial charge is 0.149 e. The van der Waals surface area contributed by atoms with E-state index >= 15 is 0 Å². The van der Waals surface area contributed by atoms with E-state index in [1.54, 1.807) is 12.1 Å². The Kier molecular flexibility index (Phi) is 3.99. The zero-order chi connectivity index (χ0) is 13.0. The number of rotatable bonds is 4. The molecule has 2 aromatic rings. The Morgan fingerprint density at radius 1 is 1.17 bits per heavy atom. The maximum absolute atomic E-state index is 13.7. The third kappa shape index (κ3) is 2.71. The molecule has 0 saturated heterocycles. The van der Waals surface area contributed by atoms with Gasteiger partial charge in [0.25, 0.3) is 0 Å². The molecule has 0 bridgehead atoms. The SMILES string of the molecule is CCNCc1ccc(F)cc1-c1ccncc1F. The summed E-state index contributed by atoms with van der Waals surface area (Å²) in [5, 5.41) is 3.15. The van der Waals surface area contributed by atoms with Gasteiger partial charge in [0.15, 0.2) is 0 Å². The molecule has 0 aliphatic rings. The van der Waals surface area contributed by atoms with Crippen LogP contribution in [-0.4, -0.2) is 11.5 Å². The minimum absolute atomic E-state index is 0.373. The second kappa shape index (κ2) is 5.69. The van der Waals surface area contributed by atoms with Gasteiger partial charge in [0.05, 0.1) is 6.20 Å². The first-order valence-corrected chi connectivity index (χ1v) is 5.81. The number of pyridine rings is 1. The van der Waals surface area contributed by atoms with Crippen molar-refractivity contribution in [1.82, 2.24) is 10.3 Å². The molecule has 0 atom stereocenters. The van der Waals surface area contributed by atoms with Gasteiger partial charge in [-0.3, -0.25) is 4.98 Å². The number of nitrogens with one attached hydrogen (secondary N) is 1. The van der Waals surface area contributed by atoms with Crippen LogP contribution in [0.4, 0.5) is 8.78 Å². The van der Waals surface area contributed by atoms with Crippen LogP contribution in [0.2, 0.25) is 0 Å². The largest absolute Gasteiger partial charge is 0.313 e. The second-order valence-corrected chi connectivity index (χ2v) is 3.94. The topological polar surface area (TPSA) is 24.9 Å². The van der Waals surface area contributed by atoms with Gasteiger partial charge in [-0.1, -0.05) is 13.0 Å². The van der Waals surface area contributed by atoms with Crippen molar-refractivity contribution < 1.29 is 8.78 Å². The van der Waals surface area contributed by atoms with Gasteiger partial charge in [0, 0.05) is 18.3 Å². The summed E-state index contributed by atoms with van der Waals surface area (Å²) >= 11 is 0. The van der Waals surface area contributed by atoms with Crippen molar-refractivity contribution in [2.75, 3.05) is 6.54 Å². The average Bonchev–Trinajstić information content (AvgIpc) is 2.38. The molecule has 0 radical (unpaired) electrons. The van der Waals surface area contributed by atoms with Crippen LogP contribution in [0.3, 0.4) is 0 Å². The Bertz CT molecular complexity index is 541. The molecular weight excluding hydrogens is 234 g/mol. The van der Waals surface area contributed by atoms with Crippen molar-refractivity contribution in [3.8, 4) is 11.1 Å². The zero-order valence-corrected chi connectivity index (χ0v) is 10.1. The van der Waals surface area contributed by atoms with E-state index in [4.69, 9.17) is 0 Å². The average molecular weight is 248 g/mol. The van der Waals surface area contributed by atoms with Gasteiger partial charge in [-0.2, -0.15) is 0 Å². The summed E-state index contributed by atoms with van der Waals surface area (Å²) < 4.78 is 27.0. The van der Waals surface area contributed by atoms with Crippen molar-refractivity contribution in [2.45, 2.75) is 13.5 Å². The highest BCUT2D eigenvalue weighted by atomic mass is 19.1. The van der Waals surface area contributed by atoms with Crippen LogP contribution in [0.15, 0.2) is 36.7 Å². The second-order valence-electron chi connectivity index (χ2n) is 3.94. The summed E-state index contributed by atoms with van der Waals surface area (Å²) in [6, 6.07) is 5.97. The molecule has 0 fully saturated rings. The molecule has 0 spiro atoms. The molecular formula is C14H14F2N2. The molecule has 0 aliphatic heterocycles. The number of hydrogen-bond acceptors (Lipinski definition) is 2. The van der Waals surface area contributed by atoms with Crippen LogP contribution >= 0.6 is 0 Å². The van der Waals surface area contributed by atoms with E-state index in [1.807, 2.05) is 6.92 Å². The Morgan fingerprint density at radius 3 is 2.72 bits per heavy atom. The number of nitrogens with zero attached hydrogens (tertiary/aromatic N) is 1. The van der Waals surface area contributed by atoms with Crippen LogP contribution in [0.5, 0.6) is 0 Å². The third-order valence-corrected chi connectivity index (χ3v) is 2.70. The van der Waals surface area contributed by atoms with E-state index in [0.717, 1.165) is 18.3 Å². The van der Waals surface area contributed by atoms with Gasteiger partial charge in [-0.15, -0.1) is 0 Å². The predicted octanol–water partition coefficient (Wildman–Crippen LogP) is 3.14. The van der Waals surface area contributed by atoms with Crippen LogP contribution in [0.1, 0.15) is 12.5 Å². The highest BCUT2D eigenvalue weighted by Crippen LogP contribution is 2.26. The van der Waals surface area contributed by atoms with Gasteiger partial charge in [-0.25, -0.2) is 8.78 Å². The third-order valence-electron chi connectivity index (χ3n) is 2.70. The fourth-order valence-corrected chi connectivity index (χ4v) is 1.81. The quantitative estimate of drug-likeness (QED) is 0.899. The van der Waals surface area contributed by atoms with Crippen LogP contribution in [-0.2, 0) is 6.54 Å². The fraction of sp³-hybridized carbons (Fsp3) is 0.214. The van der Waals surface area contributed by atoms with E-state index in [2.05, 4.69) is 10.3 Å². The minimum atomic E-state index is -0.444. The molecule has 0 amide bonds. The lowest BCUT2D eigenvalue weighted by Gasteiger charge is -2.11. The Balaban J connectivity index is 2.48. The van der Waals surface area contributed by atoms with Crippen LogP contribution in [0, 0.1) is 11.6 Å². The molecule has 1 aromatic heterocycles. The Labute approximate surface area is 105 Å². The standard InChI is InChI=1S/C14H14F2N2/c1-2-17-8-10-3-4-11(15)7-13(10)12-5-6-18-9-14(12)16/h3-7,9,17H,2,8H2,1H3. The van der Waals surface area contributed by atoms with Gasteiger partial charge < -0.3 is 5.32 Å². The Hall–Kier alpha value is -1.81. The molecule has 18 heavy (non-hydrogen) atoms. The van der Waals surface area contributed by atoms with Gasteiger partial charge in [0.1, 0.15) is 11.6 Å². The lowest BCUT2D eigenvalue weighted by Crippen LogP contribution is -2.12. The molecule has 0 saturated carbocycles. The first kappa shape index (κ1) is 12.6. The Morgan fingerprint density at radius 2 is 2.00 bits per heavy atom. The highest BCUT2D eigenvalue weighted by Gasteiger charge is 2.10. The van der Waals surface area contributed by atoms with E-state index < -0.39 is 5.82 Å². The highest BCUT2D eigenvalue weighted by molar-refractivity contribution is 5.67. The molecule has 1 heterocycles. The van der Waals surface area contributed by atoms with Crippen molar-refractivity contribution in [2.24, 2.45) is 0 Å². The normalized spacial score (nSPS) is 10.6. The van der Waals surface area contributed by atoms with Crippen molar-refractivity contribution in [3.05, 3.63) is 53.9 Å². The van der Waals surface area contributed by atoms with Crippen molar-refractivity contribution in [1.29, 1.82) is 0 Å². The summed E-state index contributed by atoms with van der Waals surface area (Å²) in [4.78, 5) is 3.70. The summed E-state index contributed by atoms with van der Waals surface area (Å²) in [5.41, 5.74) is 1.80. The van der Waals surface area contributed by atoms with E-state index in [1.165, 1.54) is 18.3 Å². The van der Waals surface area contributed by atoms with Gasteiger partial charge in [0.2, 0.25) is 0 Å². The number of halogens is 2. The van der Waals surface area contributed by atoms with E-state index in [-0.39, 0.29) is 5.82 Å². The first-order valence-electron chi connectivity index (χ1n) is 5.81. The molecule has 1 aromatic carbocycles. The van der Waals surface area contributed by atoms with Crippen molar-refractivity contribution >= 4 is 0 Å². The lowest BCUT2D eigenvalue weighted by molar-refractivity contribution is 0.619. The summed E-state index contributed by atoms with van der Waals surface area (Å²) in [5.74, 6) is -0.817. The molecule has 0 unspecified atom stereocenters. The summed E-state index contributed by atoms with van der Waals surface area (Å²) in [6.45, 7) is 3.36. The maximum atomic E-state index is 13.7. The molecule has 94 valence electrons. The van der Waals surface area contributed by atoms with Gasteiger partial charge in [-0.05, 0) is 35.9 Å². The van der Waals surface area contributed by atoms with E-state index in [0.29, 0.717) is 17.7 Å². The fourth-order valence-electron chi connectivity index (χ4n) is 1.81. The van der Waals surface area contributed by atoms with Crippen molar-refractivity contribution in [3.63, 3.8) is 0 Å². The van der Waals surface area contributed by atoms with Gasteiger partial charge >= 0.3 is 0 Å². The lowest BCUT2D eigenvalue weighted by atomic mass is 10.00. The first-order chi connectivity index (χ1) is 8.72. The molecule has 0 aliphatic carbocycles. The predicted molar refractivity (Wildman–Crippen MR) is 67.0 cm³/mol. The van der Waals surface area contributed by atoms with Crippen LogP contribution in [0.25, 0.3) is 11.1 Å². The molecule has 4 heteroatoms. The maximum Gasteiger partial charge on any atom is 0.149 e. The number of hydrogen-bond donors (Lipinski definition) is 1. The van der Waals surface area contributed by atoms with E-state index in [9.17, 15) is 8.78 Å². The molecule has 1 N–H and O–H groups in total. The monoisotopic (exact) mass is 248 g/mol. The minimum Gasteiger partial charge on any atom is -0.313 e. The number of aromatic nitrogens is 1. The molecule has 2 nitrogen and oxygen atoms in total. The number of benzene rings is 1. The molecule has 2 rings (SSSR count). The van der Waals surface area contributed by atoms with Crippen LogP contribution < -0.4 is 5.32 Å². The summed E-state index contributed by atoms with van der Waals surface area (Å²) in [7, 11) is 0. The zero-order valence-electron chi connectivity index (χ0n) is 10.1.